The number of fused-ring (bicyclic) bond motifs is 1. The molecular formula is C15H21NS. The summed E-state index contributed by atoms with van der Waals surface area (Å²) in [5.74, 6) is 0.888. The van der Waals surface area contributed by atoms with Crippen LogP contribution in [0, 0.1) is 5.92 Å². The van der Waals surface area contributed by atoms with E-state index in [-0.39, 0.29) is 0 Å². The summed E-state index contributed by atoms with van der Waals surface area (Å²) in [6.07, 6.45) is 2.64. The van der Waals surface area contributed by atoms with E-state index in [0.29, 0.717) is 0 Å². The van der Waals surface area contributed by atoms with Crippen molar-refractivity contribution in [1.29, 1.82) is 0 Å². The van der Waals surface area contributed by atoms with Crippen molar-refractivity contribution in [2.75, 3.05) is 13.1 Å². The summed E-state index contributed by atoms with van der Waals surface area (Å²) >= 11 is 2.08. The molecule has 0 aromatic heterocycles. The van der Waals surface area contributed by atoms with E-state index < -0.39 is 0 Å². The van der Waals surface area contributed by atoms with Crippen molar-refractivity contribution < 1.29 is 0 Å². The Morgan fingerprint density at radius 3 is 2.82 bits per heavy atom. The molecule has 92 valence electrons. The van der Waals surface area contributed by atoms with Crippen molar-refractivity contribution in [3.63, 3.8) is 0 Å². The van der Waals surface area contributed by atoms with Crippen molar-refractivity contribution in [2.24, 2.45) is 5.92 Å². The highest BCUT2D eigenvalue weighted by Gasteiger charge is 2.30. The Labute approximate surface area is 109 Å². The minimum atomic E-state index is 0.778. The molecule has 1 fully saturated rings. The molecule has 0 N–H and O–H groups in total. The van der Waals surface area contributed by atoms with Gasteiger partial charge in [0.2, 0.25) is 0 Å². The Morgan fingerprint density at radius 1 is 1.29 bits per heavy atom. The molecule has 2 aliphatic rings. The maximum Gasteiger partial charge on any atom is 0.0263 e. The summed E-state index contributed by atoms with van der Waals surface area (Å²) < 4.78 is 0. The van der Waals surface area contributed by atoms with Crippen molar-refractivity contribution in [3.8, 4) is 0 Å². The Morgan fingerprint density at radius 2 is 2.12 bits per heavy atom. The smallest absolute Gasteiger partial charge is 0.0263 e. The Bertz CT molecular complexity index is 379. The van der Waals surface area contributed by atoms with Crippen LogP contribution in [0.25, 0.3) is 0 Å². The minimum Gasteiger partial charge on any atom is -0.299 e. The van der Waals surface area contributed by atoms with Gasteiger partial charge in [0, 0.05) is 29.3 Å². The number of thioether (sulfide) groups is 1. The van der Waals surface area contributed by atoms with Crippen LogP contribution in [0.15, 0.2) is 29.2 Å². The summed E-state index contributed by atoms with van der Waals surface area (Å²) in [6, 6.07) is 9.68. The van der Waals surface area contributed by atoms with Crippen LogP contribution in [0.1, 0.15) is 25.8 Å². The number of rotatable bonds is 2. The largest absolute Gasteiger partial charge is 0.299 e. The Balaban J connectivity index is 1.62. The summed E-state index contributed by atoms with van der Waals surface area (Å²) in [5, 5.41) is 0.778. The van der Waals surface area contributed by atoms with E-state index in [1.165, 1.54) is 30.8 Å². The fraction of sp³-hybridized carbons (Fsp3) is 0.600. The molecule has 3 rings (SSSR count). The van der Waals surface area contributed by atoms with E-state index in [2.05, 4.69) is 54.8 Å². The molecule has 2 heterocycles. The van der Waals surface area contributed by atoms with Gasteiger partial charge in [0.1, 0.15) is 0 Å². The number of nitrogens with zero attached hydrogens (tertiary/aromatic N) is 1. The van der Waals surface area contributed by atoms with Gasteiger partial charge < -0.3 is 0 Å². The molecule has 0 saturated carbocycles. The van der Waals surface area contributed by atoms with Crippen LogP contribution < -0.4 is 0 Å². The van der Waals surface area contributed by atoms with Crippen molar-refractivity contribution >= 4 is 11.8 Å². The maximum atomic E-state index is 2.69. The molecule has 17 heavy (non-hydrogen) atoms. The fourth-order valence-electron chi connectivity index (χ4n) is 3.26. The van der Waals surface area contributed by atoms with Gasteiger partial charge in [0.05, 0.1) is 0 Å². The second kappa shape index (κ2) is 4.66. The zero-order chi connectivity index (χ0) is 11.8. The minimum absolute atomic E-state index is 0.778. The normalized spacial score (nSPS) is 32.9. The molecule has 3 unspecified atom stereocenters. The van der Waals surface area contributed by atoms with Gasteiger partial charge in [-0.05, 0) is 37.3 Å². The number of benzene rings is 1. The lowest BCUT2D eigenvalue weighted by atomic mass is 10.1. The Hall–Kier alpha value is -0.470. The second-order valence-electron chi connectivity index (χ2n) is 5.70. The summed E-state index contributed by atoms with van der Waals surface area (Å²) in [5.41, 5.74) is 1.56. The van der Waals surface area contributed by atoms with Crippen LogP contribution in [0.4, 0.5) is 0 Å². The van der Waals surface area contributed by atoms with Crippen molar-refractivity contribution in [1.82, 2.24) is 4.90 Å². The van der Waals surface area contributed by atoms with E-state index in [1.54, 1.807) is 5.56 Å². The first kappa shape index (κ1) is 11.6. The van der Waals surface area contributed by atoms with Gasteiger partial charge in [-0.2, -0.15) is 0 Å². The second-order valence-corrected chi connectivity index (χ2v) is 7.04. The molecule has 0 aliphatic carbocycles. The van der Waals surface area contributed by atoms with Gasteiger partial charge in [0.25, 0.3) is 0 Å². The van der Waals surface area contributed by atoms with E-state index in [1.807, 2.05) is 0 Å². The molecule has 0 amide bonds. The van der Waals surface area contributed by atoms with Crippen LogP contribution >= 0.6 is 11.8 Å². The van der Waals surface area contributed by atoms with Crippen LogP contribution in [0.3, 0.4) is 0 Å². The highest BCUT2D eigenvalue weighted by Crippen LogP contribution is 2.38. The summed E-state index contributed by atoms with van der Waals surface area (Å²) in [4.78, 5) is 4.20. The molecule has 0 radical (unpaired) electrons. The first-order valence-corrected chi connectivity index (χ1v) is 7.59. The third-order valence-corrected chi connectivity index (χ3v) is 5.37. The van der Waals surface area contributed by atoms with Gasteiger partial charge in [-0.3, -0.25) is 4.90 Å². The van der Waals surface area contributed by atoms with Gasteiger partial charge in [-0.25, -0.2) is 0 Å². The fourth-order valence-corrected chi connectivity index (χ4v) is 4.61. The van der Waals surface area contributed by atoms with Gasteiger partial charge in [-0.1, -0.05) is 25.1 Å². The maximum absolute atomic E-state index is 2.69. The first-order chi connectivity index (χ1) is 8.22. The predicted molar refractivity (Wildman–Crippen MR) is 74.6 cm³/mol. The lowest BCUT2D eigenvalue weighted by Crippen LogP contribution is -2.33. The molecule has 1 aromatic carbocycles. The quantitative estimate of drug-likeness (QED) is 0.787. The van der Waals surface area contributed by atoms with Crippen molar-refractivity contribution in [3.05, 3.63) is 29.8 Å². The van der Waals surface area contributed by atoms with Crippen LogP contribution in [-0.4, -0.2) is 29.3 Å². The van der Waals surface area contributed by atoms with E-state index in [0.717, 1.165) is 17.2 Å². The summed E-state index contributed by atoms with van der Waals surface area (Å²) in [7, 11) is 0. The van der Waals surface area contributed by atoms with Crippen molar-refractivity contribution in [2.45, 2.75) is 42.9 Å². The Kier molecular flexibility index (Phi) is 3.18. The van der Waals surface area contributed by atoms with E-state index in [9.17, 15) is 0 Å². The zero-order valence-corrected chi connectivity index (χ0v) is 11.5. The van der Waals surface area contributed by atoms with Crippen LogP contribution in [-0.2, 0) is 6.42 Å². The predicted octanol–water partition coefficient (Wildman–Crippen LogP) is 3.43. The van der Waals surface area contributed by atoms with E-state index >= 15 is 0 Å². The molecule has 0 spiro atoms. The topological polar surface area (TPSA) is 3.24 Å². The first-order valence-electron chi connectivity index (χ1n) is 6.71. The molecule has 2 aliphatic heterocycles. The molecule has 1 aromatic rings. The lowest BCUT2D eigenvalue weighted by Gasteiger charge is -2.24. The molecule has 3 atom stereocenters. The van der Waals surface area contributed by atoms with Gasteiger partial charge in [0.15, 0.2) is 0 Å². The number of hydrogen-bond acceptors (Lipinski definition) is 2. The number of likely N-dealkylation sites (tertiary alicyclic amines) is 1. The average Bonchev–Trinajstić information content (AvgIpc) is 2.82. The average molecular weight is 247 g/mol. The summed E-state index contributed by atoms with van der Waals surface area (Å²) in [6.45, 7) is 7.34. The van der Waals surface area contributed by atoms with Crippen LogP contribution in [0.2, 0.25) is 0 Å². The molecule has 2 heteroatoms. The van der Waals surface area contributed by atoms with Crippen LogP contribution in [0.5, 0.6) is 0 Å². The third kappa shape index (κ3) is 2.38. The van der Waals surface area contributed by atoms with Gasteiger partial charge >= 0.3 is 0 Å². The monoisotopic (exact) mass is 247 g/mol. The van der Waals surface area contributed by atoms with E-state index in [4.69, 9.17) is 0 Å². The highest BCUT2D eigenvalue weighted by molar-refractivity contribution is 8.00. The third-order valence-electron chi connectivity index (χ3n) is 4.06. The SMILES string of the molecule is CC1CC(C)N(CC2Cc3ccccc3S2)C1. The molecule has 0 bridgehead atoms. The molecular weight excluding hydrogens is 226 g/mol. The number of hydrogen-bond donors (Lipinski definition) is 0. The lowest BCUT2D eigenvalue weighted by molar-refractivity contribution is 0.266. The highest BCUT2D eigenvalue weighted by atomic mass is 32.2. The zero-order valence-electron chi connectivity index (χ0n) is 10.7. The molecule has 1 nitrogen and oxygen atoms in total. The standard InChI is InChI=1S/C15H21NS/c1-11-7-12(2)16(9-11)10-14-8-13-5-3-4-6-15(13)17-14/h3-6,11-12,14H,7-10H2,1-2H3. The molecule has 1 saturated heterocycles. The van der Waals surface area contributed by atoms with Gasteiger partial charge in [-0.15, -0.1) is 11.8 Å².